The molecule has 0 saturated carbocycles. The van der Waals surface area contributed by atoms with Crippen LogP contribution >= 0.6 is 23.7 Å². The van der Waals surface area contributed by atoms with Crippen LogP contribution in [0, 0.1) is 0 Å². The average Bonchev–Trinajstić information content (AvgIpc) is 2.77. The molecule has 1 amide bonds. The first-order chi connectivity index (χ1) is 8.14. The quantitative estimate of drug-likeness (QED) is 0.898. The summed E-state index contributed by atoms with van der Waals surface area (Å²) >= 11 is 1.54. The summed E-state index contributed by atoms with van der Waals surface area (Å²) in [7, 11) is 0. The van der Waals surface area contributed by atoms with Gasteiger partial charge in [0.05, 0.1) is 4.88 Å². The molecule has 0 spiro atoms. The molecule has 1 saturated heterocycles. The van der Waals surface area contributed by atoms with Gasteiger partial charge < -0.3 is 10.6 Å². The average molecular weight is 289 g/mol. The predicted octanol–water partition coefficient (Wildman–Crippen LogP) is 2.60. The van der Waals surface area contributed by atoms with Crippen molar-refractivity contribution in [1.82, 2.24) is 10.6 Å². The van der Waals surface area contributed by atoms with E-state index < -0.39 is 0 Å². The maximum atomic E-state index is 12.2. The third kappa shape index (κ3) is 3.46. The molecule has 102 valence electrons. The van der Waals surface area contributed by atoms with E-state index >= 15 is 0 Å². The Morgan fingerprint density at radius 2 is 2.17 bits per heavy atom. The summed E-state index contributed by atoms with van der Waals surface area (Å²) in [5.41, 5.74) is 1.11. The van der Waals surface area contributed by atoms with Gasteiger partial charge in [-0.25, -0.2) is 0 Å². The number of hydrogen-bond donors (Lipinski definition) is 2. The zero-order valence-electron chi connectivity index (χ0n) is 10.9. The van der Waals surface area contributed by atoms with E-state index in [9.17, 15) is 4.79 Å². The van der Waals surface area contributed by atoms with Gasteiger partial charge in [-0.1, -0.05) is 6.92 Å². The summed E-state index contributed by atoms with van der Waals surface area (Å²) in [4.78, 5) is 13.1. The maximum Gasteiger partial charge on any atom is 0.262 e. The fourth-order valence-corrected chi connectivity index (χ4v) is 3.14. The van der Waals surface area contributed by atoms with Crippen molar-refractivity contribution in [2.75, 3.05) is 13.1 Å². The number of amides is 1. The first kappa shape index (κ1) is 15.5. The normalized spacial score (nSPS) is 17.9. The monoisotopic (exact) mass is 288 g/mol. The highest BCUT2D eigenvalue weighted by atomic mass is 35.5. The van der Waals surface area contributed by atoms with Gasteiger partial charge in [0.25, 0.3) is 5.91 Å². The number of piperidine rings is 1. The number of carbonyl (C=O) groups excluding carboxylic acids is 1. The van der Waals surface area contributed by atoms with Crippen molar-refractivity contribution in [1.29, 1.82) is 0 Å². The standard InChI is InChI=1S/C13H20N2OS.ClH/c1-3-10-4-9-17-11(10)12(16)15-13(2)5-7-14-8-6-13;/h4,9,14H,3,5-8H2,1-2H3,(H,15,16);1H. The van der Waals surface area contributed by atoms with Gasteiger partial charge in [0.15, 0.2) is 0 Å². The number of aryl methyl sites for hydroxylation is 1. The molecule has 1 aliphatic rings. The summed E-state index contributed by atoms with van der Waals surface area (Å²) in [5, 5.41) is 8.52. The van der Waals surface area contributed by atoms with Crippen molar-refractivity contribution in [3.05, 3.63) is 21.9 Å². The lowest BCUT2D eigenvalue weighted by Gasteiger charge is -2.34. The van der Waals surface area contributed by atoms with E-state index in [-0.39, 0.29) is 23.9 Å². The Morgan fingerprint density at radius 3 is 2.78 bits per heavy atom. The molecule has 0 unspecified atom stereocenters. The Balaban J connectivity index is 0.00000162. The van der Waals surface area contributed by atoms with Crippen molar-refractivity contribution < 1.29 is 4.79 Å². The zero-order valence-corrected chi connectivity index (χ0v) is 12.5. The molecule has 2 heterocycles. The molecule has 1 aliphatic heterocycles. The highest BCUT2D eigenvalue weighted by Gasteiger charge is 2.29. The van der Waals surface area contributed by atoms with Crippen molar-refractivity contribution >= 4 is 29.7 Å². The van der Waals surface area contributed by atoms with Crippen molar-refractivity contribution in [3.63, 3.8) is 0 Å². The van der Waals surface area contributed by atoms with Crippen LogP contribution in [0.15, 0.2) is 11.4 Å². The Morgan fingerprint density at radius 1 is 1.50 bits per heavy atom. The molecule has 0 bridgehead atoms. The third-order valence-corrected chi connectivity index (χ3v) is 4.41. The van der Waals surface area contributed by atoms with Gasteiger partial charge in [-0.15, -0.1) is 23.7 Å². The molecule has 0 aromatic carbocycles. The topological polar surface area (TPSA) is 41.1 Å². The van der Waals surface area contributed by atoms with Crippen LogP contribution in [0.25, 0.3) is 0 Å². The first-order valence-electron chi connectivity index (χ1n) is 6.24. The van der Waals surface area contributed by atoms with Gasteiger partial charge in [0, 0.05) is 5.54 Å². The van der Waals surface area contributed by atoms with E-state index in [1.807, 2.05) is 11.4 Å². The molecule has 2 N–H and O–H groups in total. The van der Waals surface area contributed by atoms with Crippen LogP contribution in [0.3, 0.4) is 0 Å². The molecule has 2 rings (SSSR count). The lowest BCUT2D eigenvalue weighted by atomic mass is 9.90. The highest BCUT2D eigenvalue weighted by molar-refractivity contribution is 7.12. The molecular weight excluding hydrogens is 268 g/mol. The molecular formula is C13H21ClN2OS. The number of hydrogen-bond acceptors (Lipinski definition) is 3. The van der Waals surface area contributed by atoms with Crippen LogP contribution in [0.4, 0.5) is 0 Å². The van der Waals surface area contributed by atoms with Crippen LogP contribution in [0.5, 0.6) is 0 Å². The van der Waals surface area contributed by atoms with Crippen LogP contribution < -0.4 is 10.6 Å². The zero-order chi connectivity index (χ0) is 12.3. The van der Waals surface area contributed by atoms with E-state index in [4.69, 9.17) is 0 Å². The molecule has 1 fully saturated rings. The minimum atomic E-state index is -0.0443. The lowest BCUT2D eigenvalue weighted by Crippen LogP contribution is -2.52. The minimum Gasteiger partial charge on any atom is -0.346 e. The van der Waals surface area contributed by atoms with Gasteiger partial charge in [-0.05, 0) is 56.3 Å². The molecule has 1 aromatic heterocycles. The summed E-state index contributed by atoms with van der Waals surface area (Å²) in [5.74, 6) is 0.0984. The smallest absolute Gasteiger partial charge is 0.262 e. The summed E-state index contributed by atoms with van der Waals surface area (Å²) in [6, 6.07) is 2.05. The van der Waals surface area contributed by atoms with E-state index in [0.29, 0.717) is 0 Å². The molecule has 0 aliphatic carbocycles. The Hall–Kier alpha value is -0.580. The second-order valence-corrected chi connectivity index (χ2v) is 5.81. The SMILES string of the molecule is CCc1ccsc1C(=O)NC1(C)CCNCC1.Cl. The van der Waals surface area contributed by atoms with Gasteiger partial charge in [-0.2, -0.15) is 0 Å². The summed E-state index contributed by atoms with van der Waals surface area (Å²) in [6.45, 7) is 6.21. The van der Waals surface area contributed by atoms with E-state index in [0.717, 1.165) is 42.8 Å². The van der Waals surface area contributed by atoms with Crippen molar-refractivity contribution in [2.45, 2.75) is 38.6 Å². The molecule has 18 heavy (non-hydrogen) atoms. The van der Waals surface area contributed by atoms with Gasteiger partial charge in [-0.3, -0.25) is 4.79 Å². The van der Waals surface area contributed by atoms with E-state index in [2.05, 4.69) is 24.5 Å². The molecule has 0 radical (unpaired) electrons. The number of thiophene rings is 1. The van der Waals surface area contributed by atoms with Crippen LogP contribution in [0.1, 0.15) is 41.9 Å². The van der Waals surface area contributed by atoms with Gasteiger partial charge in [0.1, 0.15) is 0 Å². The van der Waals surface area contributed by atoms with E-state index in [1.54, 1.807) is 11.3 Å². The van der Waals surface area contributed by atoms with E-state index in [1.165, 1.54) is 0 Å². The molecule has 0 atom stereocenters. The molecule has 5 heteroatoms. The number of nitrogens with one attached hydrogen (secondary N) is 2. The second-order valence-electron chi connectivity index (χ2n) is 4.89. The third-order valence-electron chi connectivity index (χ3n) is 3.46. The Kier molecular flexibility index (Phi) is 5.63. The maximum absolute atomic E-state index is 12.2. The predicted molar refractivity (Wildman–Crippen MR) is 78.9 cm³/mol. The van der Waals surface area contributed by atoms with Gasteiger partial charge >= 0.3 is 0 Å². The Bertz CT molecular complexity index is 399. The fraction of sp³-hybridized carbons (Fsp3) is 0.615. The number of rotatable bonds is 3. The van der Waals surface area contributed by atoms with Gasteiger partial charge in [0.2, 0.25) is 0 Å². The van der Waals surface area contributed by atoms with Crippen LogP contribution in [-0.2, 0) is 6.42 Å². The molecule has 1 aromatic rings. The largest absolute Gasteiger partial charge is 0.346 e. The van der Waals surface area contributed by atoms with Crippen LogP contribution in [-0.4, -0.2) is 24.5 Å². The summed E-state index contributed by atoms with van der Waals surface area (Å²) < 4.78 is 0. The van der Waals surface area contributed by atoms with Crippen molar-refractivity contribution in [2.24, 2.45) is 0 Å². The lowest BCUT2D eigenvalue weighted by molar-refractivity contribution is 0.0891. The van der Waals surface area contributed by atoms with Crippen molar-refractivity contribution in [3.8, 4) is 0 Å². The second kappa shape index (κ2) is 6.55. The minimum absolute atomic E-state index is 0. The summed E-state index contributed by atoms with van der Waals surface area (Å²) in [6.07, 6.45) is 2.93. The Labute approximate surface area is 119 Å². The highest BCUT2D eigenvalue weighted by Crippen LogP contribution is 2.21. The molecule has 3 nitrogen and oxygen atoms in total. The fourth-order valence-electron chi connectivity index (χ4n) is 2.25. The number of carbonyl (C=O) groups is 1. The van der Waals surface area contributed by atoms with Crippen LogP contribution in [0.2, 0.25) is 0 Å². The first-order valence-corrected chi connectivity index (χ1v) is 7.12. The number of halogens is 1.